The molecule has 2 atom stereocenters. The van der Waals surface area contributed by atoms with Gasteiger partial charge in [-0.05, 0) is 37.3 Å². The zero-order chi connectivity index (χ0) is 20.1. The van der Waals surface area contributed by atoms with Gasteiger partial charge >= 0.3 is 5.97 Å². The minimum Gasteiger partial charge on any atom is -0.481 e. The fraction of sp³-hybridized carbons (Fsp3) is 0.579. The number of carbonyl (C=O) groups excluding carboxylic acids is 1. The summed E-state index contributed by atoms with van der Waals surface area (Å²) < 4.78 is 0. The molecule has 1 heterocycles. The fourth-order valence-corrected chi connectivity index (χ4v) is 3.75. The Balaban J connectivity index is 2.30. The van der Waals surface area contributed by atoms with E-state index in [0.717, 1.165) is 19.5 Å². The van der Waals surface area contributed by atoms with Gasteiger partial charge in [0.2, 0.25) is 0 Å². The zero-order valence-electron chi connectivity index (χ0n) is 16.1. The first-order valence-electron chi connectivity index (χ1n) is 9.27. The highest BCUT2D eigenvalue weighted by Crippen LogP contribution is 2.34. The van der Waals surface area contributed by atoms with Crippen LogP contribution in [0.3, 0.4) is 0 Å². The number of carboxylic acid groups (broad SMARTS) is 1. The topological polar surface area (TPSA) is 104 Å². The predicted molar refractivity (Wildman–Crippen MR) is 102 cm³/mol. The van der Waals surface area contributed by atoms with Crippen molar-refractivity contribution in [1.82, 2.24) is 4.90 Å². The molecule has 1 aromatic carbocycles. The molecular formula is C19H27N3O5. The van der Waals surface area contributed by atoms with Gasteiger partial charge in [-0.3, -0.25) is 19.7 Å². The van der Waals surface area contributed by atoms with Crippen LogP contribution >= 0.6 is 0 Å². The Labute approximate surface area is 158 Å². The van der Waals surface area contributed by atoms with Crippen molar-refractivity contribution < 1.29 is 19.6 Å². The number of amides is 1. The molecule has 8 nitrogen and oxygen atoms in total. The van der Waals surface area contributed by atoms with Crippen LogP contribution in [-0.4, -0.2) is 53.0 Å². The minimum atomic E-state index is -0.990. The number of rotatable bonds is 7. The van der Waals surface area contributed by atoms with Gasteiger partial charge in [0.1, 0.15) is 5.69 Å². The summed E-state index contributed by atoms with van der Waals surface area (Å²) in [5.41, 5.74) is 0.649. The summed E-state index contributed by atoms with van der Waals surface area (Å²) >= 11 is 0. The lowest BCUT2D eigenvalue weighted by Gasteiger charge is -2.36. The van der Waals surface area contributed by atoms with E-state index in [0.29, 0.717) is 24.1 Å². The summed E-state index contributed by atoms with van der Waals surface area (Å²) in [6, 6.07) is 4.55. The van der Waals surface area contributed by atoms with Crippen LogP contribution in [0.2, 0.25) is 0 Å². The Morgan fingerprint density at radius 2 is 1.93 bits per heavy atom. The molecule has 148 valence electrons. The van der Waals surface area contributed by atoms with E-state index in [1.807, 2.05) is 4.90 Å². The zero-order valence-corrected chi connectivity index (χ0v) is 16.1. The van der Waals surface area contributed by atoms with Crippen molar-refractivity contribution >= 4 is 23.3 Å². The Morgan fingerprint density at radius 1 is 1.30 bits per heavy atom. The Bertz CT molecular complexity index is 711. The molecule has 1 aliphatic rings. The maximum Gasteiger partial charge on any atom is 0.305 e. The molecule has 1 N–H and O–H groups in total. The van der Waals surface area contributed by atoms with Crippen molar-refractivity contribution in [3.63, 3.8) is 0 Å². The van der Waals surface area contributed by atoms with Crippen LogP contribution in [0.5, 0.6) is 0 Å². The molecule has 2 unspecified atom stereocenters. The van der Waals surface area contributed by atoms with E-state index in [-0.39, 0.29) is 24.2 Å². The second-order valence-corrected chi connectivity index (χ2v) is 7.34. The highest BCUT2D eigenvalue weighted by molar-refractivity contribution is 5.96. The number of nitro benzene ring substituents is 1. The number of hydrogen-bond donors (Lipinski definition) is 1. The van der Waals surface area contributed by atoms with E-state index < -0.39 is 16.8 Å². The number of nitro groups is 1. The predicted octanol–water partition coefficient (Wildman–Crippen LogP) is 3.01. The second kappa shape index (κ2) is 8.83. The molecule has 1 fully saturated rings. The average Bonchev–Trinajstić information content (AvgIpc) is 2.60. The number of carboxylic acids is 1. The maximum absolute atomic E-state index is 12.7. The summed E-state index contributed by atoms with van der Waals surface area (Å²) in [7, 11) is 0. The van der Waals surface area contributed by atoms with Gasteiger partial charge in [0, 0.05) is 37.8 Å². The van der Waals surface area contributed by atoms with Crippen LogP contribution in [0.25, 0.3) is 0 Å². The van der Waals surface area contributed by atoms with Crippen molar-refractivity contribution in [3.8, 4) is 0 Å². The summed E-state index contributed by atoms with van der Waals surface area (Å²) in [6.45, 7) is 7.92. The molecule has 0 saturated carbocycles. The van der Waals surface area contributed by atoms with Gasteiger partial charge in [0.25, 0.3) is 11.6 Å². The van der Waals surface area contributed by atoms with Crippen LogP contribution in [0.1, 0.15) is 44.0 Å². The maximum atomic E-state index is 12.7. The first kappa shape index (κ1) is 20.7. The molecule has 0 aromatic heterocycles. The number of carbonyl (C=O) groups is 2. The third-order valence-electron chi connectivity index (χ3n) is 4.89. The van der Waals surface area contributed by atoms with E-state index in [9.17, 15) is 19.7 Å². The molecule has 1 amide bonds. The number of aliphatic carboxylic acids is 1. The highest BCUT2D eigenvalue weighted by atomic mass is 16.6. The Hall–Kier alpha value is -2.64. The molecular weight excluding hydrogens is 350 g/mol. The van der Waals surface area contributed by atoms with Gasteiger partial charge in [-0.15, -0.1) is 0 Å². The van der Waals surface area contributed by atoms with Gasteiger partial charge in [-0.2, -0.15) is 0 Å². The third-order valence-corrected chi connectivity index (χ3v) is 4.89. The van der Waals surface area contributed by atoms with Crippen molar-refractivity contribution in [1.29, 1.82) is 0 Å². The number of nitrogens with zero attached hydrogens (tertiary/aromatic N) is 3. The summed E-state index contributed by atoms with van der Waals surface area (Å²) in [4.78, 5) is 38.0. The standard InChI is InChI=1S/C19H27N3O5/c1-4-20(8-7-18(23)24)19(25)15-5-6-16(17(10-15)22(26)27)21-11-13(2)9-14(3)12-21/h5-6,10,13-14H,4,7-9,11-12H2,1-3H3,(H,23,24). The van der Waals surface area contributed by atoms with E-state index in [4.69, 9.17) is 5.11 Å². The van der Waals surface area contributed by atoms with Crippen LogP contribution in [0.15, 0.2) is 18.2 Å². The van der Waals surface area contributed by atoms with Crippen molar-refractivity contribution in [2.45, 2.75) is 33.6 Å². The summed E-state index contributed by atoms with van der Waals surface area (Å²) in [5, 5.41) is 20.5. The van der Waals surface area contributed by atoms with E-state index in [1.165, 1.54) is 11.0 Å². The van der Waals surface area contributed by atoms with Crippen molar-refractivity contribution in [2.75, 3.05) is 31.1 Å². The van der Waals surface area contributed by atoms with Gasteiger partial charge in [-0.1, -0.05) is 13.8 Å². The Morgan fingerprint density at radius 3 is 2.44 bits per heavy atom. The lowest BCUT2D eigenvalue weighted by Crippen LogP contribution is -2.39. The van der Waals surface area contributed by atoms with Gasteiger partial charge in [0.05, 0.1) is 11.3 Å². The smallest absolute Gasteiger partial charge is 0.305 e. The van der Waals surface area contributed by atoms with Crippen LogP contribution in [0, 0.1) is 22.0 Å². The largest absolute Gasteiger partial charge is 0.481 e. The molecule has 1 saturated heterocycles. The number of hydrogen-bond acceptors (Lipinski definition) is 5. The van der Waals surface area contributed by atoms with Crippen LogP contribution < -0.4 is 4.90 Å². The molecule has 8 heteroatoms. The van der Waals surface area contributed by atoms with E-state index in [2.05, 4.69) is 13.8 Å². The molecule has 0 aliphatic carbocycles. The SMILES string of the molecule is CCN(CCC(=O)O)C(=O)c1ccc(N2CC(C)CC(C)C2)c([N+](=O)[O-])c1. The molecule has 0 spiro atoms. The van der Waals surface area contributed by atoms with Crippen LogP contribution in [-0.2, 0) is 4.79 Å². The lowest BCUT2D eigenvalue weighted by molar-refractivity contribution is -0.384. The summed E-state index contributed by atoms with van der Waals surface area (Å²) in [6.07, 6.45) is 0.930. The molecule has 2 rings (SSSR count). The molecule has 0 radical (unpaired) electrons. The van der Waals surface area contributed by atoms with Crippen molar-refractivity contribution in [3.05, 3.63) is 33.9 Å². The molecule has 1 aromatic rings. The first-order chi connectivity index (χ1) is 12.7. The van der Waals surface area contributed by atoms with E-state index >= 15 is 0 Å². The first-order valence-corrected chi connectivity index (χ1v) is 9.27. The highest BCUT2D eigenvalue weighted by Gasteiger charge is 2.28. The van der Waals surface area contributed by atoms with Crippen LogP contribution in [0.4, 0.5) is 11.4 Å². The van der Waals surface area contributed by atoms with Gasteiger partial charge in [-0.25, -0.2) is 0 Å². The van der Waals surface area contributed by atoms with E-state index in [1.54, 1.807) is 19.1 Å². The van der Waals surface area contributed by atoms with Gasteiger partial charge in [0.15, 0.2) is 0 Å². The molecule has 27 heavy (non-hydrogen) atoms. The van der Waals surface area contributed by atoms with Gasteiger partial charge < -0.3 is 14.9 Å². The Kier molecular flexibility index (Phi) is 6.76. The lowest BCUT2D eigenvalue weighted by atomic mass is 9.91. The molecule has 0 bridgehead atoms. The number of benzene rings is 1. The average molecular weight is 377 g/mol. The third kappa shape index (κ3) is 5.18. The second-order valence-electron chi connectivity index (χ2n) is 7.34. The quantitative estimate of drug-likeness (QED) is 0.578. The minimum absolute atomic E-state index is 0.0708. The monoisotopic (exact) mass is 377 g/mol. The fourth-order valence-electron chi connectivity index (χ4n) is 3.75. The number of piperidine rings is 1. The van der Waals surface area contributed by atoms with Crippen molar-refractivity contribution in [2.24, 2.45) is 11.8 Å². The summed E-state index contributed by atoms with van der Waals surface area (Å²) in [5.74, 6) is -0.493. The molecule has 1 aliphatic heterocycles. The number of anilines is 1. The normalized spacial score (nSPS) is 19.6.